The number of carbonyl (C=O) groups is 1. The van der Waals surface area contributed by atoms with Gasteiger partial charge in [-0.05, 0) is 24.2 Å². The van der Waals surface area contributed by atoms with Crippen molar-refractivity contribution in [3.8, 4) is 0 Å². The monoisotopic (exact) mass is 431 g/mol. The summed E-state index contributed by atoms with van der Waals surface area (Å²) >= 11 is 0. The fourth-order valence-electron chi connectivity index (χ4n) is 3.15. The van der Waals surface area contributed by atoms with Gasteiger partial charge in [-0.3, -0.25) is 5.32 Å². The summed E-state index contributed by atoms with van der Waals surface area (Å²) in [6, 6.07) is 0.948. The van der Waals surface area contributed by atoms with Gasteiger partial charge in [0.05, 0.1) is 12.7 Å². The van der Waals surface area contributed by atoms with Gasteiger partial charge in [0.1, 0.15) is 6.10 Å². The maximum absolute atomic E-state index is 12.2. The molecule has 164 valence electrons. The van der Waals surface area contributed by atoms with E-state index in [2.05, 4.69) is 72.7 Å². The van der Waals surface area contributed by atoms with Crippen LogP contribution in [-0.2, 0) is 18.6 Å². The van der Waals surface area contributed by atoms with Gasteiger partial charge in [0, 0.05) is 19.9 Å². The lowest BCUT2D eigenvalue weighted by molar-refractivity contribution is -0.198. The van der Waals surface area contributed by atoms with Crippen LogP contribution in [0.25, 0.3) is 0 Å². The van der Waals surface area contributed by atoms with Crippen molar-refractivity contribution in [1.82, 2.24) is 5.32 Å². The molecule has 2 fully saturated rings. The van der Waals surface area contributed by atoms with Crippen molar-refractivity contribution in [2.24, 2.45) is 5.41 Å². The van der Waals surface area contributed by atoms with Gasteiger partial charge < -0.3 is 18.6 Å². The molecule has 2 aliphatic heterocycles. The van der Waals surface area contributed by atoms with Gasteiger partial charge in [-0.2, -0.15) is 0 Å². The minimum Gasteiger partial charge on any atom is -0.450 e. The molecule has 0 saturated carbocycles. The summed E-state index contributed by atoms with van der Waals surface area (Å²) < 4.78 is 24.2. The number of nitrogens with one attached hydrogen (secondary N) is 1. The van der Waals surface area contributed by atoms with E-state index < -0.39 is 35.0 Å². The summed E-state index contributed by atoms with van der Waals surface area (Å²) in [7, 11) is -3.15. The number of rotatable bonds is 6. The molecule has 0 aromatic carbocycles. The molecule has 4 atom stereocenters. The Kier molecular flexibility index (Phi) is 6.83. The molecule has 1 N–H and O–H groups in total. The first kappa shape index (κ1) is 23.9. The highest BCUT2D eigenvalue weighted by Gasteiger charge is 2.56. The Balaban J connectivity index is 1.97. The SMILES string of the molecule is CC1(C)[C@H]2O[C@@H](C[C@H]1O[Si](C)(C)C(C)(C)C)[C@@H](NC(=O)OCC[Si](C)(C)C)O2. The van der Waals surface area contributed by atoms with Gasteiger partial charge in [-0.25, -0.2) is 4.79 Å². The second-order valence-electron chi connectivity index (χ2n) is 11.6. The maximum Gasteiger partial charge on any atom is 0.409 e. The van der Waals surface area contributed by atoms with Crippen LogP contribution >= 0.6 is 0 Å². The van der Waals surface area contributed by atoms with Crippen LogP contribution in [-0.4, -0.2) is 53.8 Å². The number of hydrogen-bond acceptors (Lipinski definition) is 5. The van der Waals surface area contributed by atoms with E-state index in [1.54, 1.807) is 0 Å². The Morgan fingerprint density at radius 2 is 1.75 bits per heavy atom. The van der Waals surface area contributed by atoms with Crippen LogP contribution < -0.4 is 5.32 Å². The average Bonchev–Trinajstić information content (AvgIpc) is 2.83. The molecule has 0 spiro atoms. The maximum atomic E-state index is 12.2. The Labute approximate surface area is 173 Å². The van der Waals surface area contributed by atoms with Crippen molar-refractivity contribution in [2.75, 3.05) is 6.61 Å². The number of carbonyl (C=O) groups excluding carboxylic acids is 1. The molecule has 2 saturated heterocycles. The molecular weight excluding hydrogens is 390 g/mol. The molecule has 2 aliphatic rings. The van der Waals surface area contributed by atoms with E-state index in [0.717, 1.165) is 6.04 Å². The number of fused-ring (bicyclic) bond motifs is 2. The molecule has 0 aromatic heterocycles. The Morgan fingerprint density at radius 3 is 2.29 bits per heavy atom. The molecule has 0 radical (unpaired) electrons. The third-order valence-electron chi connectivity index (χ3n) is 6.38. The average molecular weight is 432 g/mol. The highest BCUT2D eigenvalue weighted by Crippen LogP contribution is 2.48. The van der Waals surface area contributed by atoms with Crippen LogP contribution in [0.2, 0.25) is 43.8 Å². The smallest absolute Gasteiger partial charge is 0.409 e. The fourth-order valence-corrected chi connectivity index (χ4v) is 5.33. The zero-order valence-electron chi connectivity index (χ0n) is 19.5. The highest BCUT2D eigenvalue weighted by atomic mass is 28.4. The Hall–Kier alpha value is -0.416. The normalized spacial score (nSPS) is 30.2. The first-order valence-electron chi connectivity index (χ1n) is 10.4. The molecule has 2 heterocycles. The molecule has 6 nitrogen and oxygen atoms in total. The van der Waals surface area contributed by atoms with Gasteiger partial charge in [0.15, 0.2) is 20.8 Å². The summed E-state index contributed by atoms with van der Waals surface area (Å²) in [6.07, 6.45) is -0.788. The van der Waals surface area contributed by atoms with Gasteiger partial charge in [-0.1, -0.05) is 54.3 Å². The van der Waals surface area contributed by atoms with Crippen molar-refractivity contribution in [3.05, 3.63) is 0 Å². The molecule has 1 amide bonds. The molecule has 0 unspecified atom stereocenters. The van der Waals surface area contributed by atoms with E-state index in [9.17, 15) is 4.79 Å². The molecule has 8 heteroatoms. The van der Waals surface area contributed by atoms with E-state index in [1.165, 1.54) is 0 Å². The van der Waals surface area contributed by atoms with E-state index in [4.69, 9.17) is 18.6 Å². The van der Waals surface area contributed by atoms with E-state index in [1.807, 2.05) is 0 Å². The number of hydrogen-bond donors (Lipinski definition) is 1. The van der Waals surface area contributed by atoms with Crippen LogP contribution in [0.15, 0.2) is 0 Å². The third kappa shape index (κ3) is 5.59. The highest BCUT2D eigenvalue weighted by molar-refractivity contribution is 6.76. The fraction of sp³-hybridized carbons (Fsp3) is 0.950. The minimum atomic E-state index is -1.92. The summed E-state index contributed by atoms with van der Waals surface area (Å²) in [6.45, 7) is 22.8. The largest absolute Gasteiger partial charge is 0.450 e. The van der Waals surface area contributed by atoms with Crippen molar-refractivity contribution in [3.63, 3.8) is 0 Å². The number of alkyl carbamates (subject to hydrolysis) is 1. The van der Waals surface area contributed by atoms with Crippen LogP contribution in [0.3, 0.4) is 0 Å². The van der Waals surface area contributed by atoms with Crippen molar-refractivity contribution >= 4 is 22.5 Å². The van der Waals surface area contributed by atoms with Gasteiger partial charge in [0.2, 0.25) is 0 Å². The zero-order chi connectivity index (χ0) is 21.5. The first-order valence-corrected chi connectivity index (χ1v) is 17.1. The van der Waals surface area contributed by atoms with Crippen molar-refractivity contribution in [1.29, 1.82) is 0 Å². The van der Waals surface area contributed by atoms with Crippen LogP contribution in [0.5, 0.6) is 0 Å². The van der Waals surface area contributed by atoms with Crippen molar-refractivity contribution < 1.29 is 23.4 Å². The summed E-state index contributed by atoms with van der Waals surface area (Å²) in [5.41, 5.74) is -0.288. The van der Waals surface area contributed by atoms with E-state index in [-0.39, 0.29) is 22.7 Å². The van der Waals surface area contributed by atoms with Crippen LogP contribution in [0.4, 0.5) is 4.79 Å². The van der Waals surface area contributed by atoms with Gasteiger partial charge in [0.25, 0.3) is 0 Å². The Morgan fingerprint density at radius 1 is 1.14 bits per heavy atom. The van der Waals surface area contributed by atoms with E-state index >= 15 is 0 Å². The summed E-state index contributed by atoms with van der Waals surface area (Å²) in [5.74, 6) is 0. The molecule has 0 aliphatic carbocycles. The molecule has 0 aromatic rings. The minimum absolute atomic E-state index is 0.0341. The first-order chi connectivity index (χ1) is 12.5. The molecular formula is C20H41NO5Si2. The van der Waals surface area contributed by atoms with Gasteiger partial charge >= 0.3 is 6.09 Å². The summed E-state index contributed by atoms with van der Waals surface area (Å²) in [4.78, 5) is 12.2. The van der Waals surface area contributed by atoms with E-state index in [0.29, 0.717) is 13.0 Å². The standard InChI is InChI=1S/C20H41NO5Si2/c1-19(2,3)28(9,10)26-15-13-14-16(25-17(24-14)20(15,4)5)21-18(22)23-11-12-27(6,7)8/h14-17H,11-13H2,1-10H3,(H,21,22)/t14-,15+,16-,17-/m0/s1. The zero-order valence-corrected chi connectivity index (χ0v) is 21.5. The lowest BCUT2D eigenvalue weighted by Gasteiger charge is -2.47. The predicted molar refractivity (Wildman–Crippen MR) is 117 cm³/mol. The number of ether oxygens (including phenoxy) is 3. The quantitative estimate of drug-likeness (QED) is 0.603. The second-order valence-corrected chi connectivity index (χ2v) is 22.0. The topological polar surface area (TPSA) is 66.0 Å². The molecule has 2 rings (SSSR count). The Bertz CT molecular complexity index is 568. The van der Waals surface area contributed by atoms with Crippen LogP contribution in [0.1, 0.15) is 41.0 Å². The molecule has 2 bridgehead atoms. The predicted octanol–water partition coefficient (Wildman–Crippen LogP) is 4.94. The van der Waals surface area contributed by atoms with Gasteiger partial charge in [-0.15, -0.1) is 0 Å². The number of amides is 1. The lowest BCUT2D eigenvalue weighted by Crippen LogP contribution is -2.54. The second kappa shape index (κ2) is 8.02. The summed E-state index contributed by atoms with van der Waals surface area (Å²) in [5, 5.41) is 2.99. The van der Waals surface area contributed by atoms with Crippen LogP contribution in [0, 0.1) is 5.41 Å². The third-order valence-corrected chi connectivity index (χ3v) is 12.6. The lowest BCUT2D eigenvalue weighted by atomic mass is 9.81. The molecule has 28 heavy (non-hydrogen) atoms. The van der Waals surface area contributed by atoms with Crippen molar-refractivity contribution in [2.45, 2.75) is 110 Å².